The highest BCUT2D eigenvalue weighted by Gasteiger charge is 2.49. The van der Waals surface area contributed by atoms with Gasteiger partial charge in [-0.1, -0.05) is 0 Å². The maximum atomic E-state index is 12.0. The number of carbonyl (C=O) groups excluding carboxylic acids is 2. The Morgan fingerprint density at radius 2 is 2.17 bits per heavy atom. The van der Waals surface area contributed by atoms with E-state index >= 15 is 0 Å². The first-order chi connectivity index (χ1) is 8.63. The van der Waals surface area contributed by atoms with Gasteiger partial charge in [0.25, 0.3) is 0 Å². The molecule has 102 valence electrons. The highest BCUT2D eigenvalue weighted by Crippen LogP contribution is 2.29. The van der Waals surface area contributed by atoms with Crippen LogP contribution in [0.3, 0.4) is 0 Å². The molecule has 2 rings (SSSR count). The van der Waals surface area contributed by atoms with Gasteiger partial charge in [-0.3, -0.25) is 9.59 Å². The zero-order valence-corrected chi connectivity index (χ0v) is 10.4. The van der Waals surface area contributed by atoms with Crippen molar-refractivity contribution < 1.29 is 28.5 Å². The first kappa shape index (κ1) is 13.4. The SMILES string of the molecule is COCO[C@@H]1CC(=O)[C@H](NC(C)=O)[C@H]2OCO[C@@H]21. The van der Waals surface area contributed by atoms with Crippen molar-refractivity contribution in [3.63, 3.8) is 0 Å². The van der Waals surface area contributed by atoms with E-state index in [9.17, 15) is 9.59 Å². The van der Waals surface area contributed by atoms with Crippen LogP contribution in [0.15, 0.2) is 0 Å². The van der Waals surface area contributed by atoms with E-state index in [2.05, 4.69) is 5.32 Å². The highest BCUT2D eigenvalue weighted by atomic mass is 16.7. The van der Waals surface area contributed by atoms with Crippen LogP contribution in [-0.4, -0.2) is 56.7 Å². The van der Waals surface area contributed by atoms with Gasteiger partial charge in [0.1, 0.15) is 31.8 Å². The number of amides is 1. The van der Waals surface area contributed by atoms with E-state index in [4.69, 9.17) is 18.9 Å². The second-order valence-electron chi connectivity index (χ2n) is 4.34. The molecule has 0 aromatic heterocycles. The van der Waals surface area contributed by atoms with Gasteiger partial charge in [-0.25, -0.2) is 0 Å². The third kappa shape index (κ3) is 2.69. The number of fused-ring (bicyclic) bond motifs is 1. The predicted molar refractivity (Wildman–Crippen MR) is 58.6 cm³/mol. The number of methoxy groups -OCH3 is 1. The Bertz CT molecular complexity index is 333. The average molecular weight is 259 g/mol. The maximum Gasteiger partial charge on any atom is 0.217 e. The van der Waals surface area contributed by atoms with Crippen molar-refractivity contribution in [2.45, 2.75) is 37.7 Å². The molecule has 1 aliphatic heterocycles. The van der Waals surface area contributed by atoms with Gasteiger partial charge in [0.05, 0.1) is 6.10 Å². The monoisotopic (exact) mass is 259 g/mol. The molecule has 4 atom stereocenters. The van der Waals surface area contributed by atoms with E-state index in [0.717, 1.165) is 0 Å². The molecule has 1 saturated heterocycles. The van der Waals surface area contributed by atoms with Crippen LogP contribution in [0.4, 0.5) is 0 Å². The summed E-state index contributed by atoms with van der Waals surface area (Å²) in [6, 6.07) is -0.655. The summed E-state index contributed by atoms with van der Waals surface area (Å²) >= 11 is 0. The Labute approximate surface area is 105 Å². The molecule has 7 nitrogen and oxygen atoms in total. The normalized spacial score (nSPS) is 35.3. The summed E-state index contributed by atoms with van der Waals surface area (Å²) in [7, 11) is 1.51. The van der Waals surface area contributed by atoms with Crippen LogP contribution in [0.5, 0.6) is 0 Å². The van der Waals surface area contributed by atoms with Crippen LogP contribution in [-0.2, 0) is 28.5 Å². The van der Waals surface area contributed by atoms with Crippen molar-refractivity contribution in [1.82, 2.24) is 5.32 Å². The zero-order valence-electron chi connectivity index (χ0n) is 10.4. The summed E-state index contributed by atoms with van der Waals surface area (Å²) in [5, 5.41) is 2.60. The molecule has 0 radical (unpaired) electrons. The number of carbonyl (C=O) groups is 2. The minimum atomic E-state index is -0.655. The van der Waals surface area contributed by atoms with Crippen LogP contribution in [0.2, 0.25) is 0 Å². The Morgan fingerprint density at radius 3 is 2.83 bits per heavy atom. The Morgan fingerprint density at radius 1 is 1.44 bits per heavy atom. The van der Waals surface area contributed by atoms with Gasteiger partial charge in [-0.2, -0.15) is 0 Å². The van der Waals surface area contributed by atoms with Crippen molar-refractivity contribution in [3.8, 4) is 0 Å². The number of Topliss-reactive ketones (excluding diaryl/α,β-unsaturated/α-hetero) is 1. The standard InChI is InChI=1S/C11H17NO6/c1-6(13)12-9-7(14)3-8(16-4-15-2)10-11(9)18-5-17-10/h8-11H,3-5H2,1-2H3,(H,12,13)/t8-,9+,10-,11-/m1/s1. The Balaban J connectivity index is 2.06. The van der Waals surface area contributed by atoms with Crippen LogP contribution < -0.4 is 5.32 Å². The molecule has 1 heterocycles. The lowest BCUT2D eigenvalue weighted by Gasteiger charge is -2.35. The van der Waals surface area contributed by atoms with Crippen LogP contribution in [0.1, 0.15) is 13.3 Å². The molecule has 2 fully saturated rings. The number of rotatable bonds is 4. The number of hydrogen-bond acceptors (Lipinski definition) is 6. The van der Waals surface area contributed by atoms with Gasteiger partial charge < -0.3 is 24.3 Å². The molecule has 1 amide bonds. The first-order valence-corrected chi connectivity index (χ1v) is 5.77. The Kier molecular flexibility index (Phi) is 4.28. The maximum absolute atomic E-state index is 12.0. The molecule has 2 aliphatic rings. The second-order valence-corrected chi connectivity index (χ2v) is 4.34. The molecule has 0 aromatic rings. The topological polar surface area (TPSA) is 83.1 Å². The summed E-state index contributed by atoms with van der Waals surface area (Å²) in [5.74, 6) is -0.378. The lowest BCUT2D eigenvalue weighted by atomic mass is 9.86. The fourth-order valence-corrected chi connectivity index (χ4v) is 2.31. The van der Waals surface area contributed by atoms with E-state index < -0.39 is 18.2 Å². The highest BCUT2D eigenvalue weighted by molar-refractivity contribution is 5.90. The van der Waals surface area contributed by atoms with Gasteiger partial charge in [0.2, 0.25) is 5.91 Å². The van der Waals surface area contributed by atoms with Crippen molar-refractivity contribution in [2.75, 3.05) is 20.7 Å². The summed E-state index contributed by atoms with van der Waals surface area (Å²) in [5.41, 5.74) is 0. The minimum Gasteiger partial charge on any atom is -0.359 e. The number of nitrogens with one attached hydrogen (secondary N) is 1. The van der Waals surface area contributed by atoms with Crippen molar-refractivity contribution >= 4 is 11.7 Å². The molecule has 0 bridgehead atoms. The van der Waals surface area contributed by atoms with E-state index in [1.54, 1.807) is 0 Å². The van der Waals surface area contributed by atoms with E-state index in [1.807, 2.05) is 0 Å². The predicted octanol–water partition coefficient (Wildman–Crippen LogP) is -0.805. The molecule has 1 saturated carbocycles. The van der Waals surface area contributed by atoms with E-state index in [1.165, 1.54) is 14.0 Å². The molecule has 0 spiro atoms. The van der Waals surface area contributed by atoms with Gasteiger partial charge in [-0.15, -0.1) is 0 Å². The molecule has 1 N–H and O–H groups in total. The second kappa shape index (κ2) is 5.75. The number of ketones is 1. The fraction of sp³-hybridized carbons (Fsp3) is 0.818. The van der Waals surface area contributed by atoms with Crippen LogP contribution >= 0.6 is 0 Å². The van der Waals surface area contributed by atoms with Gasteiger partial charge in [-0.05, 0) is 0 Å². The van der Waals surface area contributed by atoms with Crippen molar-refractivity contribution in [1.29, 1.82) is 0 Å². The van der Waals surface area contributed by atoms with Gasteiger partial charge >= 0.3 is 0 Å². The quantitative estimate of drug-likeness (QED) is 0.665. The third-order valence-electron chi connectivity index (χ3n) is 3.05. The lowest BCUT2D eigenvalue weighted by Crippen LogP contribution is -2.59. The Hall–Kier alpha value is -1.02. The molecule has 0 aromatic carbocycles. The van der Waals surface area contributed by atoms with E-state index in [-0.39, 0.29) is 37.8 Å². The summed E-state index contributed by atoms with van der Waals surface area (Å²) in [6.07, 6.45) is -1.06. The molecular weight excluding hydrogens is 242 g/mol. The summed E-state index contributed by atoms with van der Waals surface area (Å²) in [6.45, 7) is 1.56. The molecule has 0 unspecified atom stereocenters. The minimum absolute atomic E-state index is 0.0926. The zero-order chi connectivity index (χ0) is 13.1. The molecule has 18 heavy (non-hydrogen) atoms. The molecule has 7 heteroatoms. The number of ether oxygens (including phenoxy) is 4. The third-order valence-corrected chi connectivity index (χ3v) is 3.05. The van der Waals surface area contributed by atoms with Crippen LogP contribution in [0.25, 0.3) is 0 Å². The summed E-state index contributed by atoms with van der Waals surface area (Å²) in [4.78, 5) is 23.1. The van der Waals surface area contributed by atoms with Crippen LogP contribution in [0, 0.1) is 0 Å². The summed E-state index contributed by atoms with van der Waals surface area (Å²) < 4.78 is 21.0. The van der Waals surface area contributed by atoms with Crippen molar-refractivity contribution in [2.24, 2.45) is 0 Å². The average Bonchev–Trinajstić information content (AvgIpc) is 2.79. The molecule has 1 aliphatic carbocycles. The van der Waals surface area contributed by atoms with Gasteiger partial charge in [0, 0.05) is 20.5 Å². The smallest absolute Gasteiger partial charge is 0.217 e. The largest absolute Gasteiger partial charge is 0.359 e. The molecular formula is C11H17NO6. The van der Waals surface area contributed by atoms with E-state index in [0.29, 0.717) is 0 Å². The first-order valence-electron chi connectivity index (χ1n) is 5.77. The fourth-order valence-electron chi connectivity index (χ4n) is 2.31. The van der Waals surface area contributed by atoms with Gasteiger partial charge in [0.15, 0.2) is 5.78 Å². The van der Waals surface area contributed by atoms with Crippen molar-refractivity contribution in [3.05, 3.63) is 0 Å². The lowest BCUT2D eigenvalue weighted by molar-refractivity contribution is -0.153. The number of hydrogen-bond donors (Lipinski definition) is 1.